The summed E-state index contributed by atoms with van der Waals surface area (Å²) in [5, 5.41) is 3.06. The first-order chi connectivity index (χ1) is 6.68. The number of carbonyl (C=O) groups excluding carboxylic acids is 1. The maximum atomic E-state index is 10.3. The van der Waals surface area contributed by atoms with E-state index in [9.17, 15) is 4.79 Å². The van der Waals surface area contributed by atoms with Gasteiger partial charge in [-0.05, 0) is 24.4 Å². The Morgan fingerprint density at radius 2 is 2.36 bits per heavy atom. The molecule has 0 radical (unpaired) electrons. The number of nitrogens with two attached hydrogens (primary N) is 1. The summed E-state index contributed by atoms with van der Waals surface area (Å²) in [5.74, 6) is 0.744. The van der Waals surface area contributed by atoms with Crippen LogP contribution in [0.1, 0.15) is 5.76 Å². The summed E-state index contributed by atoms with van der Waals surface area (Å²) in [6.07, 6.45) is 1.56. The third-order valence-electron chi connectivity index (χ3n) is 1.30. The van der Waals surface area contributed by atoms with Crippen LogP contribution in [0.5, 0.6) is 0 Å². The van der Waals surface area contributed by atoms with Crippen LogP contribution in [0.3, 0.4) is 0 Å². The summed E-state index contributed by atoms with van der Waals surface area (Å²) < 4.78 is 5.05. The lowest BCUT2D eigenvalue weighted by molar-refractivity contribution is 0.247. The highest BCUT2D eigenvalue weighted by Crippen LogP contribution is 1.97. The van der Waals surface area contributed by atoms with E-state index in [4.69, 9.17) is 22.4 Å². The molecule has 1 aromatic rings. The molecule has 0 aliphatic rings. The number of furan rings is 1. The highest BCUT2D eigenvalue weighted by atomic mass is 32.1. The molecule has 14 heavy (non-hydrogen) atoms. The van der Waals surface area contributed by atoms with Gasteiger partial charge in [0.25, 0.3) is 0 Å². The van der Waals surface area contributed by atoms with Crippen molar-refractivity contribution in [3.8, 4) is 0 Å². The lowest BCUT2D eigenvalue weighted by Gasteiger charge is -2.08. The molecular weight excluding hydrogens is 204 g/mol. The first-order valence-corrected chi connectivity index (χ1v) is 4.21. The van der Waals surface area contributed by atoms with Crippen LogP contribution in [-0.2, 0) is 6.54 Å². The van der Waals surface area contributed by atoms with E-state index in [1.54, 1.807) is 18.4 Å². The van der Waals surface area contributed by atoms with Gasteiger partial charge in [0.1, 0.15) is 5.76 Å². The highest BCUT2D eigenvalue weighted by molar-refractivity contribution is 7.80. The largest absolute Gasteiger partial charge is 0.467 e. The fraction of sp³-hybridized carbons (Fsp3) is 0.143. The molecule has 0 atom stereocenters. The van der Waals surface area contributed by atoms with Crippen molar-refractivity contribution >= 4 is 23.4 Å². The second-order valence-corrected chi connectivity index (χ2v) is 2.78. The van der Waals surface area contributed by atoms with Gasteiger partial charge in [-0.15, -0.1) is 0 Å². The number of amides is 2. The summed E-state index contributed by atoms with van der Waals surface area (Å²) in [6.45, 7) is 0.444. The SMILES string of the molecule is NC(=O)NNC(=S)NCc1ccco1. The third-order valence-corrected chi connectivity index (χ3v) is 1.55. The molecule has 0 aliphatic carbocycles. The number of hydrazine groups is 1. The fourth-order valence-electron chi connectivity index (χ4n) is 0.743. The zero-order chi connectivity index (χ0) is 10.4. The molecule has 1 heterocycles. The monoisotopic (exact) mass is 214 g/mol. The molecule has 0 unspecified atom stereocenters. The van der Waals surface area contributed by atoms with Gasteiger partial charge in [-0.1, -0.05) is 0 Å². The van der Waals surface area contributed by atoms with Gasteiger partial charge in [-0.3, -0.25) is 5.43 Å². The van der Waals surface area contributed by atoms with E-state index in [0.29, 0.717) is 6.54 Å². The number of nitrogens with one attached hydrogen (secondary N) is 3. The first-order valence-electron chi connectivity index (χ1n) is 3.80. The van der Waals surface area contributed by atoms with Crippen molar-refractivity contribution < 1.29 is 9.21 Å². The average molecular weight is 214 g/mol. The topological polar surface area (TPSA) is 92.3 Å². The Morgan fingerprint density at radius 1 is 1.57 bits per heavy atom. The van der Waals surface area contributed by atoms with Gasteiger partial charge >= 0.3 is 6.03 Å². The Labute approximate surface area is 85.8 Å². The van der Waals surface area contributed by atoms with Gasteiger partial charge in [-0.2, -0.15) is 0 Å². The van der Waals surface area contributed by atoms with Crippen LogP contribution < -0.4 is 21.9 Å². The summed E-state index contributed by atoms with van der Waals surface area (Å²) in [4.78, 5) is 10.3. The Kier molecular flexibility index (Phi) is 3.74. The molecule has 0 bridgehead atoms. The van der Waals surface area contributed by atoms with Crippen LogP contribution >= 0.6 is 12.2 Å². The van der Waals surface area contributed by atoms with E-state index in [0.717, 1.165) is 5.76 Å². The smallest absolute Gasteiger partial charge is 0.330 e. The van der Waals surface area contributed by atoms with Crippen molar-refractivity contribution in [1.29, 1.82) is 0 Å². The van der Waals surface area contributed by atoms with E-state index in [-0.39, 0.29) is 5.11 Å². The molecule has 2 amide bonds. The second kappa shape index (κ2) is 5.07. The van der Waals surface area contributed by atoms with Gasteiger partial charge in [0.05, 0.1) is 12.8 Å². The van der Waals surface area contributed by atoms with Gasteiger partial charge in [0.2, 0.25) is 0 Å². The van der Waals surface area contributed by atoms with Crippen LogP contribution in [0.15, 0.2) is 22.8 Å². The summed E-state index contributed by atoms with van der Waals surface area (Å²) in [7, 11) is 0. The molecule has 0 aromatic carbocycles. The fourth-order valence-corrected chi connectivity index (χ4v) is 0.866. The molecule has 0 aliphatic heterocycles. The molecule has 0 fully saturated rings. The van der Waals surface area contributed by atoms with E-state index in [2.05, 4.69) is 16.2 Å². The quantitative estimate of drug-likeness (QED) is 0.405. The molecule has 5 N–H and O–H groups in total. The minimum absolute atomic E-state index is 0.264. The van der Waals surface area contributed by atoms with Crippen molar-refractivity contribution in [2.75, 3.05) is 0 Å². The van der Waals surface area contributed by atoms with E-state index in [1.165, 1.54) is 0 Å². The average Bonchev–Trinajstić information content (AvgIpc) is 2.63. The molecule has 1 aromatic heterocycles. The van der Waals surface area contributed by atoms with Crippen LogP contribution in [0.2, 0.25) is 0 Å². The van der Waals surface area contributed by atoms with Crippen LogP contribution in [0, 0.1) is 0 Å². The Bertz CT molecular complexity index is 311. The predicted octanol–water partition coefficient (Wildman–Crippen LogP) is -0.173. The molecule has 1 rings (SSSR count). The van der Waals surface area contributed by atoms with Gasteiger partial charge < -0.3 is 15.5 Å². The van der Waals surface area contributed by atoms with Crippen molar-refractivity contribution in [1.82, 2.24) is 16.2 Å². The number of carbonyl (C=O) groups is 1. The van der Waals surface area contributed by atoms with Crippen LogP contribution in [-0.4, -0.2) is 11.1 Å². The van der Waals surface area contributed by atoms with Crippen LogP contribution in [0.25, 0.3) is 0 Å². The zero-order valence-corrected chi connectivity index (χ0v) is 8.06. The molecular formula is C7H10N4O2S. The molecule has 0 spiro atoms. The second-order valence-electron chi connectivity index (χ2n) is 2.38. The lowest BCUT2D eigenvalue weighted by atomic mass is 10.4. The number of thiocarbonyl (C=S) groups is 1. The molecule has 76 valence electrons. The Balaban J connectivity index is 2.18. The maximum absolute atomic E-state index is 10.3. The minimum Gasteiger partial charge on any atom is -0.467 e. The number of hydrogen-bond donors (Lipinski definition) is 4. The number of primary amides is 1. The standard InChI is InChI=1S/C7H10N4O2S/c8-6(12)10-11-7(14)9-4-5-2-1-3-13-5/h1-3H,4H2,(H3,8,10,12)(H2,9,11,14). The summed E-state index contributed by atoms with van der Waals surface area (Å²) in [5.41, 5.74) is 9.34. The van der Waals surface area contributed by atoms with Crippen molar-refractivity contribution in [2.45, 2.75) is 6.54 Å². The van der Waals surface area contributed by atoms with E-state index >= 15 is 0 Å². The van der Waals surface area contributed by atoms with Crippen molar-refractivity contribution in [3.05, 3.63) is 24.2 Å². The zero-order valence-electron chi connectivity index (χ0n) is 7.24. The first kappa shape index (κ1) is 10.3. The van der Waals surface area contributed by atoms with Gasteiger partial charge in [-0.25, -0.2) is 10.2 Å². The van der Waals surface area contributed by atoms with E-state index < -0.39 is 6.03 Å². The van der Waals surface area contributed by atoms with Gasteiger partial charge in [0.15, 0.2) is 5.11 Å². The highest BCUT2D eigenvalue weighted by Gasteiger charge is 1.98. The van der Waals surface area contributed by atoms with Crippen LogP contribution in [0.4, 0.5) is 4.79 Å². The van der Waals surface area contributed by atoms with Gasteiger partial charge in [0, 0.05) is 0 Å². The number of rotatable bonds is 2. The molecule has 7 heteroatoms. The number of urea groups is 1. The maximum Gasteiger partial charge on any atom is 0.330 e. The summed E-state index contributed by atoms with van der Waals surface area (Å²) >= 11 is 4.81. The van der Waals surface area contributed by atoms with E-state index in [1.807, 2.05) is 0 Å². The van der Waals surface area contributed by atoms with Crippen molar-refractivity contribution in [2.24, 2.45) is 5.73 Å². The molecule has 6 nitrogen and oxygen atoms in total. The minimum atomic E-state index is -0.702. The molecule has 0 saturated heterocycles. The predicted molar refractivity (Wildman–Crippen MR) is 54.0 cm³/mol. The molecule has 0 saturated carbocycles. The van der Waals surface area contributed by atoms with Crippen molar-refractivity contribution in [3.63, 3.8) is 0 Å². The normalized spacial score (nSPS) is 9.14. The Morgan fingerprint density at radius 3 is 2.93 bits per heavy atom. The Hall–Kier alpha value is -1.76. The summed E-state index contributed by atoms with van der Waals surface area (Å²) in [6, 6.07) is 2.87. The number of hydrogen-bond acceptors (Lipinski definition) is 3. The lowest BCUT2D eigenvalue weighted by Crippen LogP contribution is -2.48. The third kappa shape index (κ3) is 3.76.